The molecule has 30 heavy (non-hydrogen) atoms. The predicted octanol–water partition coefficient (Wildman–Crippen LogP) is 2.69. The fraction of sp³-hybridized carbons (Fsp3) is 0.238. The van der Waals surface area contributed by atoms with Crippen LogP contribution in [0.5, 0.6) is 0 Å². The summed E-state index contributed by atoms with van der Waals surface area (Å²) in [5.74, 6) is 1.73. The normalized spacial score (nSPS) is 14.4. The van der Waals surface area contributed by atoms with Crippen molar-refractivity contribution in [1.82, 2.24) is 19.9 Å². The lowest BCUT2D eigenvalue weighted by molar-refractivity contribution is 0.122. The zero-order valence-electron chi connectivity index (χ0n) is 16.3. The Labute approximate surface area is 177 Å². The molecule has 0 unspecified atom stereocenters. The average Bonchev–Trinajstić information content (AvgIpc) is 3.24. The van der Waals surface area contributed by atoms with Crippen LogP contribution >= 0.6 is 11.3 Å². The highest BCUT2D eigenvalue weighted by atomic mass is 32.1. The van der Waals surface area contributed by atoms with E-state index in [1.54, 1.807) is 23.7 Å². The van der Waals surface area contributed by atoms with Crippen LogP contribution in [0.1, 0.15) is 5.56 Å². The molecular formula is C21H21N7OS. The summed E-state index contributed by atoms with van der Waals surface area (Å²) in [4.78, 5) is 21.3. The minimum absolute atomic E-state index is 0.228. The molecule has 0 aliphatic carbocycles. The second-order valence-electron chi connectivity index (χ2n) is 7.03. The molecule has 0 saturated carbocycles. The number of rotatable bonds is 4. The van der Waals surface area contributed by atoms with Gasteiger partial charge in [0.1, 0.15) is 0 Å². The summed E-state index contributed by atoms with van der Waals surface area (Å²) >= 11 is 1.70. The van der Waals surface area contributed by atoms with E-state index in [1.165, 1.54) is 0 Å². The number of ether oxygens (including phenoxy) is 1. The first kappa shape index (κ1) is 18.9. The standard InChI is InChI=1S/C21H21N7OS/c22-10-13-2-1-3-14(8-13)17-9-16-18(30-17)20(28-4-6-29-7-5-28)27-19(26-16)15-11-24-21(23)25-12-15/h1-3,8-9,11-12H,4-7,10,22H2,(H2,23,24,25). The number of anilines is 2. The molecule has 1 fully saturated rings. The largest absolute Gasteiger partial charge is 0.378 e. The first-order chi connectivity index (χ1) is 14.7. The van der Waals surface area contributed by atoms with Gasteiger partial charge in [0, 0.05) is 36.9 Å². The highest BCUT2D eigenvalue weighted by molar-refractivity contribution is 7.22. The summed E-state index contributed by atoms with van der Waals surface area (Å²) < 4.78 is 6.59. The summed E-state index contributed by atoms with van der Waals surface area (Å²) in [6.07, 6.45) is 3.31. The van der Waals surface area contributed by atoms with E-state index in [1.807, 2.05) is 12.1 Å². The lowest BCUT2D eigenvalue weighted by Gasteiger charge is -2.28. The molecule has 0 spiro atoms. The first-order valence-corrected chi connectivity index (χ1v) is 10.5. The Bertz CT molecular complexity index is 1190. The maximum Gasteiger partial charge on any atom is 0.219 e. The number of nitrogens with zero attached hydrogens (tertiary/aromatic N) is 5. The fourth-order valence-corrected chi connectivity index (χ4v) is 4.59. The molecule has 4 aromatic rings. The second kappa shape index (κ2) is 7.94. The van der Waals surface area contributed by atoms with Crippen molar-refractivity contribution in [1.29, 1.82) is 0 Å². The lowest BCUT2D eigenvalue weighted by Crippen LogP contribution is -2.36. The summed E-state index contributed by atoms with van der Waals surface area (Å²) in [6.45, 7) is 3.46. The van der Waals surface area contributed by atoms with Crippen molar-refractivity contribution in [2.45, 2.75) is 6.54 Å². The maximum atomic E-state index is 5.83. The Morgan fingerprint density at radius 3 is 2.60 bits per heavy atom. The van der Waals surface area contributed by atoms with E-state index in [0.717, 1.165) is 50.7 Å². The van der Waals surface area contributed by atoms with Gasteiger partial charge in [-0.15, -0.1) is 11.3 Å². The van der Waals surface area contributed by atoms with Crippen LogP contribution in [-0.4, -0.2) is 46.2 Å². The Kier molecular flexibility index (Phi) is 4.99. The van der Waals surface area contributed by atoms with Gasteiger partial charge >= 0.3 is 0 Å². The Balaban J connectivity index is 1.67. The molecule has 152 valence electrons. The Morgan fingerprint density at radius 1 is 1.03 bits per heavy atom. The van der Waals surface area contributed by atoms with Gasteiger partial charge in [-0.05, 0) is 23.3 Å². The van der Waals surface area contributed by atoms with E-state index < -0.39 is 0 Å². The summed E-state index contributed by atoms with van der Waals surface area (Å²) in [5, 5.41) is 0. The maximum absolute atomic E-state index is 5.83. The third-order valence-corrected chi connectivity index (χ3v) is 6.21. The van der Waals surface area contributed by atoms with Crippen molar-refractivity contribution in [2.75, 3.05) is 36.9 Å². The van der Waals surface area contributed by atoms with E-state index in [-0.39, 0.29) is 5.95 Å². The topological polar surface area (TPSA) is 116 Å². The molecule has 0 bridgehead atoms. The number of nitrogens with two attached hydrogens (primary N) is 2. The van der Waals surface area contributed by atoms with Crippen molar-refractivity contribution >= 4 is 33.3 Å². The average molecular weight is 420 g/mol. The third-order valence-electron chi connectivity index (χ3n) is 5.04. The quantitative estimate of drug-likeness (QED) is 0.519. The van der Waals surface area contributed by atoms with E-state index in [0.29, 0.717) is 25.6 Å². The van der Waals surface area contributed by atoms with Crippen molar-refractivity contribution in [3.05, 3.63) is 48.3 Å². The predicted molar refractivity (Wildman–Crippen MR) is 119 cm³/mol. The molecule has 1 aromatic carbocycles. The zero-order valence-corrected chi connectivity index (χ0v) is 17.1. The molecule has 5 rings (SSSR count). The van der Waals surface area contributed by atoms with E-state index >= 15 is 0 Å². The van der Waals surface area contributed by atoms with Crippen LogP contribution in [0.25, 0.3) is 32.0 Å². The number of benzene rings is 1. The van der Waals surface area contributed by atoms with Gasteiger partial charge < -0.3 is 21.1 Å². The van der Waals surface area contributed by atoms with Gasteiger partial charge in [-0.3, -0.25) is 0 Å². The third kappa shape index (κ3) is 3.58. The number of fused-ring (bicyclic) bond motifs is 1. The molecule has 4 N–H and O–H groups in total. The Morgan fingerprint density at radius 2 is 1.83 bits per heavy atom. The molecule has 1 aliphatic rings. The minimum Gasteiger partial charge on any atom is -0.378 e. The van der Waals surface area contributed by atoms with Gasteiger partial charge in [-0.1, -0.05) is 18.2 Å². The van der Waals surface area contributed by atoms with Crippen LogP contribution in [0.4, 0.5) is 11.8 Å². The molecule has 8 nitrogen and oxygen atoms in total. The van der Waals surface area contributed by atoms with Crippen molar-refractivity contribution in [3.63, 3.8) is 0 Å². The highest BCUT2D eigenvalue weighted by Gasteiger charge is 2.20. The van der Waals surface area contributed by atoms with Crippen LogP contribution in [0.3, 0.4) is 0 Å². The number of hydrogen-bond donors (Lipinski definition) is 2. The van der Waals surface area contributed by atoms with Gasteiger partial charge in [0.15, 0.2) is 11.6 Å². The molecular weight excluding hydrogens is 398 g/mol. The summed E-state index contributed by atoms with van der Waals surface area (Å²) in [6, 6.07) is 10.4. The van der Waals surface area contributed by atoms with Crippen LogP contribution in [0.2, 0.25) is 0 Å². The van der Waals surface area contributed by atoms with Crippen LogP contribution < -0.4 is 16.4 Å². The monoisotopic (exact) mass is 419 g/mol. The molecule has 4 heterocycles. The molecule has 9 heteroatoms. The minimum atomic E-state index is 0.228. The molecule has 0 amide bonds. The van der Waals surface area contributed by atoms with Crippen molar-refractivity contribution in [2.24, 2.45) is 5.73 Å². The van der Waals surface area contributed by atoms with Crippen molar-refractivity contribution < 1.29 is 4.74 Å². The highest BCUT2D eigenvalue weighted by Crippen LogP contribution is 2.38. The van der Waals surface area contributed by atoms with Gasteiger partial charge in [0.05, 0.1) is 29.0 Å². The fourth-order valence-electron chi connectivity index (χ4n) is 3.48. The van der Waals surface area contributed by atoms with Gasteiger partial charge in [-0.25, -0.2) is 19.9 Å². The molecule has 0 radical (unpaired) electrons. The summed E-state index contributed by atoms with van der Waals surface area (Å²) in [5.41, 5.74) is 15.3. The molecule has 3 aromatic heterocycles. The van der Waals surface area contributed by atoms with Crippen molar-refractivity contribution in [3.8, 4) is 21.8 Å². The molecule has 1 saturated heterocycles. The number of aromatic nitrogens is 4. The second-order valence-corrected chi connectivity index (χ2v) is 8.08. The first-order valence-electron chi connectivity index (χ1n) is 9.73. The lowest BCUT2D eigenvalue weighted by atomic mass is 10.1. The zero-order chi connectivity index (χ0) is 20.5. The number of nitrogen functional groups attached to an aromatic ring is 1. The van der Waals surface area contributed by atoms with Gasteiger partial charge in [-0.2, -0.15) is 0 Å². The molecule has 0 atom stereocenters. The number of hydrogen-bond acceptors (Lipinski definition) is 9. The summed E-state index contributed by atoms with van der Waals surface area (Å²) in [7, 11) is 0. The van der Waals surface area contributed by atoms with Gasteiger partial charge in [0.2, 0.25) is 5.95 Å². The smallest absolute Gasteiger partial charge is 0.219 e. The van der Waals surface area contributed by atoms with Gasteiger partial charge in [0.25, 0.3) is 0 Å². The Hall–Kier alpha value is -3.14. The SMILES string of the molecule is NCc1cccc(-c2cc3nc(-c4cnc(N)nc4)nc(N4CCOCC4)c3s2)c1. The number of morpholine rings is 1. The van der Waals surface area contributed by atoms with Crippen LogP contribution in [-0.2, 0) is 11.3 Å². The van der Waals surface area contributed by atoms with Crippen LogP contribution in [0.15, 0.2) is 42.7 Å². The molecule has 1 aliphatic heterocycles. The van der Waals surface area contributed by atoms with E-state index in [9.17, 15) is 0 Å². The van der Waals surface area contributed by atoms with E-state index in [2.05, 4.69) is 33.1 Å². The number of thiophene rings is 1. The van der Waals surface area contributed by atoms with Crippen LogP contribution in [0, 0.1) is 0 Å². The van der Waals surface area contributed by atoms with E-state index in [4.69, 9.17) is 26.2 Å².